The summed E-state index contributed by atoms with van der Waals surface area (Å²) in [6, 6.07) is 6.80. The highest BCUT2D eigenvalue weighted by Gasteiger charge is 2.35. The van der Waals surface area contributed by atoms with Crippen molar-refractivity contribution in [2.45, 2.75) is 20.0 Å². The second-order valence-corrected chi connectivity index (χ2v) is 5.06. The molecule has 2 N–H and O–H groups in total. The fourth-order valence-electron chi connectivity index (χ4n) is 1.89. The monoisotopic (exact) mass is 278 g/mol. The number of urea groups is 1. The standard InChI is InChI=1S/C14H18N2O4/c1-9(2)20-12-5-3-11(4-6-12)15-14(19)16-7-10(8-16)13(17)18/h3-6,9-10H,7-8H2,1-2H3,(H,15,19)(H,17,18). The van der Waals surface area contributed by atoms with Crippen LogP contribution in [-0.2, 0) is 4.79 Å². The largest absolute Gasteiger partial charge is 0.491 e. The van der Waals surface area contributed by atoms with Gasteiger partial charge in [-0.25, -0.2) is 4.79 Å². The number of ether oxygens (including phenoxy) is 1. The summed E-state index contributed by atoms with van der Waals surface area (Å²) in [7, 11) is 0. The highest BCUT2D eigenvalue weighted by atomic mass is 16.5. The number of amides is 2. The number of rotatable bonds is 4. The van der Waals surface area contributed by atoms with E-state index < -0.39 is 11.9 Å². The minimum atomic E-state index is -0.857. The second kappa shape index (κ2) is 5.81. The van der Waals surface area contributed by atoms with Crippen LogP contribution in [-0.4, -0.2) is 41.2 Å². The van der Waals surface area contributed by atoms with Crippen molar-refractivity contribution >= 4 is 17.7 Å². The third-order valence-electron chi connectivity index (χ3n) is 3.00. The number of aliphatic carboxylic acids is 1. The predicted octanol–water partition coefficient (Wildman–Crippen LogP) is 2.02. The molecule has 0 aromatic heterocycles. The van der Waals surface area contributed by atoms with Crippen molar-refractivity contribution in [2.75, 3.05) is 18.4 Å². The van der Waals surface area contributed by atoms with Gasteiger partial charge in [-0.05, 0) is 38.1 Å². The Balaban J connectivity index is 1.84. The van der Waals surface area contributed by atoms with E-state index in [9.17, 15) is 9.59 Å². The van der Waals surface area contributed by atoms with Gasteiger partial charge in [0, 0.05) is 18.8 Å². The van der Waals surface area contributed by atoms with E-state index in [1.165, 1.54) is 4.90 Å². The van der Waals surface area contributed by atoms with Crippen molar-refractivity contribution in [1.82, 2.24) is 4.90 Å². The summed E-state index contributed by atoms with van der Waals surface area (Å²) in [5.74, 6) is -0.556. The molecule has 0 atom stereocenters. The van der Waals surface area contributed by atoms with Gasteiger partial charge in [-0.3, -0.25) is 4.79 Å². The number of nitrogens with one attached hydrogen (secondary N) is 1. The topological polar surface area (TPSA) is 78.9 Å². The van der Waals surface area contributed by atoms with Crippen molar-refractivity contribution in [2.24, 2.45) is 5.92 Å². The molecule has 1 fully saturated rings. The van der Waals surface area contributed by atoms with E-state index in [0.29, 0.717) is 5.69 Å². The molecule has 1 aromatic carbocycles. The fourth-order valence-corrected chi connectivity index (χ4v) is 1.89. The van der Waals surface area contributed by atoms with Crippen molar-refractivity contribution in [3.63, 3.8) is 0 Å². The Morgan fingerprint density at radius 2 is 1.90 bits per heavy atom. The Morgan fingerprint density at radius 1 is 1.30 bits per heavy atom. The van der Waals surface area contributed by atoms with Crippen LogP contribution in [0.4, 0.5) is 10.5 Å². The van der Waals surface area contributed by atoms with E-state index in [4.69, 9.17) is 9.84 Å². The van der Waals surface area contributed by atoms with Crippen molar-refractivity contribution in [3.05, 3.63) is 24.3 Å². The van der Waals surface area contributed by atoms with Crippen LogP contribution in [0.3, 0.4) is 0 Å². The molecule has 1 aromatic rings. The smallest absolute Gasteiger partial charge is 0.321 e. The average Bonchev–Trinajstić information content (AvgIpc) is 2.28. The Hall–Kier alpha value is -2.24. The van der Waals surface area contributed by atoms with E-state index >= 15 is 0 Å². The van der Waals surface area contributed by atoms with Gasteiger partial charge in [-0.15, -0.1) is 0 Å². The number of hydrogen-bond acceptors (Lipinski definition) is 3. The summed E-state index contributed by atoms with van der Waals surface area (Å²) in [6.45, 7) is 4.41. The maximum absolute atomic E-state index is 11.8. The van der Waals surface area contributed by atoms with E-state index in [1.807, 2.05) is 13.8 Å². The molecule has 0 saturated carbocycles. The predicted molar refractivity (Wildman–Crippen MR) is 73.9 cm³/mol. The number of carbonyl (C=O) groups excluding carboxylic acids is 1. The van der Waals surface area contributed by atoms with Crippen LogP contribution >= 0.6 is 0 Å². The molecule has 2 rings (SSSR count). The number of nitrogens with zero attached hydrogens (tertiary/aromatic N) is 1. The molecule has 0 unspecified atom stereocenters. The van der Waals surface area contributed by atoms with Gasteiger partial charge < -0.3 is 20.1 Å². The third kappa shape index (κ3) is 3.40. The molecule has 0 aliphatic carbocycles. The molecular weight excluding hydrogens is 260 g/mol. The molecule has 1 aliphatic heterocycles. The van der Waals surface area contributed by atoms with Crippen LogP contribution in [0.1, 0.15) is 13.8 Å². The Kier molecular flexibility index (Phi) is 4.12. The molecule has 108 valence electrons. The summed E-state index contributed by atoms with van der Waals surface area (Å²) in [6.07, 6.45) is 0.101. The number of benzene rings is 1. The molecule has 1 aliphatic rings. The summed E-state index contributed by atoms with van der Waals surface area (Å²) in [5, 5.41) is 11.5. The third-order valence-corrected chi connectivity index (χ3v) is 3.00. The van der Waals surface area contributed by atoms with E-state index in [-0.39, 0.29) is 25.2 Å². The maximum Gasteiger partial charge on any atom is 0.321 e. The summed E-state index contributed by atoms with van der Waals surface area (Å²) in [4.78, 5) is 23.9. The first-order valence-corrected chi connectivity index (χ1v) is 6.51. The zero-order valence-electron chi connectivity index (χ0n) is 11.5. The van der Waals surface area contributed by atoms with E-state index in [1.54, 1.807) is 24.3 Å². The molecule has 6 nitrogen and oxygen atoms in total. The highest BCUT2D eigenvalue weighted by molar-refractivity contribution is 5.91. The van der Waals surface area contributed by atoms with Gasteiger partial charge in [-0.2, -0.15) is 0 Å². The van der Waals surface area contributed by atoms with Gasteiger partial charge in [0.25, 0.3) is 0 Å². The Labute approximate surface area is 117 Å². The zero-order valence-corrected chi connectivity index (χ0v) is 11.5. The van der Waals surface area contributed by atoms with Crippen molar-refractivity contribution < 1.29 is 19.4 Å². The highest BCUT2D eigenvalue weighted by Crippen LogP contribution is 2.20. The fraction of sp³-hybridized carbons (Fsp3) is 0.429. The molecule has 0 bridgehead atoms. The van der Waals surface area contributed by atoms with Gasteiger partial charge in [0.15, 0.2) is 0 Å². The van der Waals surface area contributed by atoms with Crippen LogP contribution in [0.5, 0.6) is 5.75 Å². The number of carbonyl (C=O) groups is 2. The summed E-state index contributed by atoms with van der Waals surface area (Å²) >= 11 is 0. The lowest BCUT2D eigenvalue weighted by atomic mass is 10.0. The maximum atomic E-state index is 11.8. The van der Waals surface area contributed by atoms with Gasteiger partial charge >= 0.3 is 12.0 Å². The molecule has 1 heterocycles. The quantitative estimate of drug-likeness (QED) is 0.883. The molecule has 6 heteroatoms. The van der Waals surface area contributed by atoms with Gasteiger partial charge in [0.2, 0.25) is 0 Å². The van der Waals surface area contributed by atoms with Crippen LogP contribution in [0.25, 0.3) is 0 Å². The van der Waals surface area contributed by atoms with Crippen LogP contribution in [0.2, 0.25) is 0 Å². The lowest BCUT2D eigenvalue weighted by molar-refractivity contribution is -0.145. The average molecular weight is 278 g/mol. The molecule has 20 heavy (non-hydrogen) atoms. The van der Waals surface area contributed by atoms with Gasteiger partial charge in [-0.1, -0.05) is 0 Å². The Morgan fingerprint density at radius 3 is 2.40 bits per heavy atom. The van der Waals surface area contributed by atoms with Crippen LogP contribution in [0, 0.1) is 5.92 Å². The molecule has 1 saturated heterocycles. The lowest BCUT2D eigenvalue weighted by Gasteiger charge is -2.36. The number of carboxylic acids is 1. The Bertz CT molecular complexity index is 492. The summed E-state index contributed by atoms with van der Waals surface area (Å²) in [5.41, 5.74) is 0.657. The van der Waals surface area contributed by atoms with Crippen LogP contribution < -0.4 is 10.1 Å². The van der Waals surface area contributed by atoms with E-state index in [0.717, 1.165) is 5.75 Å². The number of anilines is 1. The first kappa shape index (κ1) is 14.2. The molecule has 0 spiro atoms. The van der Waals surface area contributed by atoms with Crippen molar-refractivity contribution in [1.29, 1.82) is 0 Å². The first-order valence-electron chi connectivity index (χ1n) is 6.51. The molecule has 2 amide bonds. The normalized spacial score (nSPS) is 14.8. The summed E-state index contributed by atoms with van der Waals surface area (Å²) < 4.78 is 5.51. The van der Waals surface area contributed by atoms with Gasteiger partial charge in [0.1, 0.15) is 5.75 Å². The molecular formula is C14H18N2O4. The number of hydrogen-bond donors (Lipinski definition) is 2. The number of carboxylic acid groups (broad SMARTS) is 1. The second-order valence-electron chi connectivity index (χ2n) is 5.06. The zero-order chi connectivity index (χ0) is 14.7. The number of likely N-dealkylation sites (tertiary alicyclic amines) is 1. The van der Waals surface area contributed by atoms with Gasteiger partial charge in [0.05, 0.1) is 12.0 Å². The molecule has 0 radical (unpaired) electrons. The minimum absolute atomic E-state index is 0.101. The SMILES string of the molecule is CC(C)Oc1ccc(NC(=O)N2CC(C(=O)O)C2)cc1. The van der Waals surface area contributed by atoms with Crippen LogP contribution in [0.15, 0.2) is 24.3 Å². The lowest BCUT2D eigenvalue weighted by Crippen LogP contribution is -2.54. The van der Waals surface area contributed by atoms with Crippen molar-refractivity contribution in [3.8, 4) is 5.75 Å². The first-order chi connectivity index (χ1) is 9.45. The minimum Gasteiger partial charge on any atom is -0.491 e. The van der Waals surface area contributed by atoms with E-state index in [2.05, 4.69) is 5.32 Å².